The summed E-state index contributed by atoms with van der Waals surface area (Å²) in [5.74, 6) is 2.46. The lowest BCUT2D eigenvalue weighted by molar-refractivity contribution is 0.582. The summed E-state index contributed by atoms with van der Waals surface area (Å²) in [6, 6.07) is 3.29. The third kappa shape index (κ3) is 3.14. The summed E-state index contributed by atoms with van der Waals surface area (Å²) in [6.07, 6.45) is 6.31. The van der Waals surface area contributed by atoms with E-state index in [4.69, 9.17) is 6.42 Å². The SMILES string of the molecule is C#CCCCNS(=O)(=O)c1cccs1. The average molecular weight is 229 g/mol. The summed E-state index contributed by atoms with van der Waals surface area (Å²) in [6.45, 7) is 0.393. The molecule has 0 aliphatic carbocycles. The highest BCUT2D eigenvalue weighted by molar-refractivity contribution is 7.91. The van der Waals surface area contributed by atoms with Crippen LogP contribution < -0.4 is 4.72 Å². The Hall–Kier alpha value is -0.830. The van der Waals surface area contributed by atoms with E-state index in [1.165, 1.54) is 11.3 Å². The Labute approximate surface area is 88.2 Å². The van der Waals surface area contributed by atoms with Crippen LogP contribution in [0.3, 0.4) is 0 Å². The van der Waals surface area contributed by atoms with Crippen molar-refractivity contribution in [2.24, 2.45) is 0 Å². The van der Waals surface area contributed by atoms with Gasteiger partial charge in [-0.1, -0.05) is 6.07 Å². The fourth-order valence-electron chi connectivity index (χ4n) is 0.885. The van der Waals surface area contributed by atoms with Gasteiger partial charge >= 0.3 is 0 Å². The van der Waals surface area contributed by atoms with Gasteiger partial charge < -0.3 is 0 Å². The first-order valence-electron chi connectivity index (χ1n) is 4.13. The molecule has 0 aromatic carbocycles. The molecule has 0 saturated carbocycles. The normalized spacial score (nSPS) is 11.1. The quantitative estimate of drug-likeness (QED) is 0.613. The molecule has 0 radical (unpaired) electrons. The molecule has 0 unspecified atom stereocenters. The fraction of sp³-hybridized carbons (Fsp3) is 0.333. The molecule has 0 aliphatic rings. The first-order chi connectivity index (χ1) is 6.67. The second-order valence-electron chi connectivity index (χ2n) is 2.64. The number of sulfonamides is 1. The largest absolute Gasteiger partial charge is 0.250 e. The fourth-order valence-corrected chi connectivity index (χ4v) is 3.00. The molecule has 0 bridgehead atoms. The van der Waals surface area contributed by atoms with Crippen molar-refractivity contribution in [3.8, 4) is 12.3 Å². The Morgan fingerprint density at radius 2 is 2.36 bits per heavy atom. The van der Waals surface area contributed by atoms with Crippen LogP contribution in [0.2, 0.25) is 0 Å². The molecule has 0 fully saturated rings. The molecule has 1 aromatic rings. The molecule has 14 heavy (non-hydrogen) atoms. The maximum atomic E-state index is 11.5. The number of unbranched alkanes of at least 4 members (excludes halogenated alkanes) is 1. The van der Waals surface area contributed by atoms with Crippen molar-refractivity contribution >= 4 is 21.4 Å². The van der Waals surface area contributed by atoms with Gasteiger partial charge in [-0.15, -0.1) is 23.7 Å². The third-order valence-corrected chi connectivity index (χ3v) is 4.41. The molecule has 3 nitrogen and oxygen atoms in total. The first-order valence-corrected chi connectivity index (χ1v) is 6.50. The highest BCUT2D eigenvalue weighted by atomic mass is 32.2. The lowest BCUT2D eigenvalue weighted by Crippen LogP contribution is -2.23. The number of terminal acetylenes is 1. The van der Waals surface area contributed by atoms with Gasteiger partial charge in [0, 0.05) is 13.0 Å². The Balaban J connectivity index is 2.49. The molecule has 1 heterocycles. The van der Waals surface area contributed by atoms with Crippen LogP contribution in [0.5, 0.6) is 0 Å². The zero-order chi connectivity index (χ0) is 10.4. The van der Waals surface area contributed by atoms with Crippen LogP contribution in [0.4, 0.5) is 0 Å². The number of thiophene rings is 1. The van der Waals surface area contributed by atoms with Gasteiger partial charge in [0.2, 0.25) is 10.0 Å². The minimum Gasteiger partial charge on any atom is -0.210 e. The molecule has 1 rings (SSSR count). The standard InChI is InChI=1S/C9H11NO2S2/c1-2-3-4-7-10-14(11,12)9-6-5-8-13-9/h1,5-6,8,10H,3-4,7H2. The molecule has 0 aliphatic heterocycles. The third-order valence-electron chi connectivity index (χ3n) is 1.55. The van der Waals surface area contributed by atoms with E-state index in [-0.39, 0.29) is 0 Å². The second kappa shape index (κ2) is 5.15. The summed E-state index contributed by atoms with van der Waals surface area (Å²) < 4.78 is 25.8. The maximum absolute atomic E-state index is 11.5. The van der Waals surface area contributed by atoms with Crippen LogP contribution in [-0.4, -0.2) is 15.0 Å². The van der Waals surface area contributed by atoms with Gasteiger partial charge in [-0.3, -0.25) is 0 Å². The molecule has 1 N–H and O–H groups in total. The monoisotopic (exact) mass is 229 g/mol. The van der Waals surface area contributed by atoms with Gasteiger partial charge in [0.15, 0.2) is 0 Å². The Morgan fingerprint density at radius 3 is 2.93 bits per heavy atom. The summed E-state index contributed by atoms with van der Waals surface area (Å²) >= 11 is 1.20. The van der Waals surface area contributed by atoms with Gasteiger partial charge in [-0.05, 0) is 17.9 Å². The van der Waals surface area contributed by atoms with Crippen molar-refractivity contribution in [3.05, 3.63) is 17.5 Å². The Morgan fingerprint density at radius 1 is 1.57 bits per heavy atom. The van der Waals surface area contributed by atoms with Crippen LogP contribution in [0.25, 0.3) is 0 Å². The number of nitrogens with one attached hydrogen (secondary N) is 1. The molecule has 0 spiro atoms. The Bertz CT molecular complexity index is 401. The summed E-state index contributed by atoms with van der Waals surface area (Å²) in [4.78, 5) is 0. The number of hydrogen-bond donors (Lipinski definition) is 1. The lowest BCUT2D eigenvalue weighted by atomic mass is 10.3. The van der Waals surface area contributed by atoms with Crippen molar-refractivity contribution in [1.82, 2.24) is 4.72 Å². The van der Waals surface area contributed by atoms with E-state index in [2.05, 4.69) is 10.6 Å². The van der Waals surface area contributed by atoms with Crippen molar-refractivity contribution in [2.75, 3.05) is 6.54 Å². The number of hydrogen-bond acceptors (Lipinski definition) is 3. The Kier molecular flexibility index (Phi) is 4.14. The van der Waals surface area contributed by atoms with Gasteiger partial charge in [-0.2, -0.15) is 0 Å². The van der Waals surface area contributed by atoms with E-state index in [0.29, 0.717) is 23.6 Å². The van der Waals surface area contributed by atoms with E-state index >= 15 is 0 Å². The topological polar surface area (TPSA) is 46.2 Å². The van der Waals surface area contributed by atoms with Crippen LogP contribution in [0.15, 0.2) is 21.7 Å². The smallest absolute Gasteiger partial charge is 0.210 e. The van der Waals surface area contributed by atoms with E-state index in [9.17, 15) is 8.42 Å². The van der Waals surface area contributed by atoms with E-state index in [1.54, 1.807) is 17.5 Å². The first kappa shape index (κ1) is 11.2. The van der Waals surface area contributed by atoms with E-state index < -0.39 is 10.0 Å². The zero-order valence-corrected chi connectivity index (χ0v) is 9.20. The predicted octanol–water partition coefficient (Wildman–Crippen LogP) is 1.44. The highest BCUT2D eigenvalue weighted by Crippen LogP contribution is 2.14. The molecule has 1 aromatic heterocycles. The summed E-state index contributed by atoms with van der Waals surface area (Å²) in [7, 11) is -3.30. The molecular weight excluding hydrogens is 218 g/mol. The lowest BCUT2D eigenvalue weighted by Gasteiger charge is -2.02. The van der Waals surface area contributed by atoms with Crippen molar-refractivity contribution < 1.29 is 8.42 Å². The molecule has 76 valence electrons. The highest BCUT2D eigenvalue weighted by Gasteiger charge is 2.13. The van der Waals surface area contributed by atoms with E-state index in [0.717, 1.165) is 0 Å². The van der Waals surface area contributed by atoms with Crippen molar-refractivity contribution in [2.45, 2.75) is 17.1 Å². The zero-order valence-electron chi connectivity index (χ0n) is 7.56. The van der Waals surface area contributed by atoms with Crippen LogP contribution in [0, 0.1) is 12.3 Å². The predicted molar refractivity (Wildman–Crippen MR) is 57.6 cm³/mol. The van der Waals surface area contributed by atoms with Gasteiger partial charge in [0.25, 0.3) is 0 Å². The van der Waals surface area contributed by atoms with Crippen LogP contribution in [0.1, 0.15) is 12.8 Å². The minimum atomic E-state index is -3.30. The molecule has 5 heteroatoms. The van der Waals surface area contributed by atoms with Crippen molar-refractivity contribution in [3.63, 3.8) is 0 Å². The molecular formula is C9H11NO2S2. The summed E-state index contributed by atoms with van der Waals surface area (Å²) in [5, 5.41) is 1.73. The van der Waals surface area contributed by atoms with Gasteiger partial charge in [0.1, 0.15) is 4.21 Å². The minimum absolute atomic E-state index is 0.346. The van der Waals surface area contributed by atoms with Gasteiger partial charge in [0.05, 0.1) is 0 Å². The molecule has 0 atom stereocenters. The van der Waals surface area contributed by atoms with Crippen molar-refractivity contribution in [1.29, 1.82) is 0 Å². The average Bonchev–Trinajstić information content (AvgIpc) is 2.65. The molecule has 0 amide bonds. The van der Waals surface area contributed by atoms with Crippen LogP contribution >= 0.6 is 11.3 Å². The summed E-state index contributed by atoms with van der Waals surface area (Å²) in [5.41, 5.74) is 0. The van der Waals surface area contributed by atoms with Crippen LogP contribution in [-0.2, 0) is 10.0 Å². The molecule has 0 saturated heterocycles. The maximum Gasteiger partial charge on any atom is 0.250 e. The second-order valence-corrected chi connectivity index (χ2v) is 5.58. The van der Waals surface area contributed by atoms with Gasteiger partial charge in [-0.25, -0.2) is 13.1 Å². The number of rotatable bonds is 5. The van der Waals surface area contributed by atoms with E-state index in [1.807, 2.05) is 0 Å².